The Kier molecular flexibility index (Phi) is 4.08. The Morgan fingerprint density at radius 2 is 1.94 bits per heavy atom. The van der Waals surface area contributed by atoms with Crippen LogP contribution in [0.15, 0.2) is 18.2 Å². The number of hydrogen-bond acceptors (Lipinski definition) is 2. The summed E-state index contributed by atoms with van der Waals surface area (Å²) in [6.45, 7) is 6.58. The van der Waals surface area contributed by atoms with Gasteiger partial charge in [0.1, 0.15) is 0 Å². The average molecular weight is 246 g/mol. The summed E-state index contributed by atoms with van der Waals surface area (Å²) < 4.78 is 0. The molecule has 0 saturated heterocycles. The molecule has 0 fully saturated rings. The highest BCUT2D eigenvalue weighted by Gasteiger charge is 2.18. The van der Waals surface area contributed by atoms with Gasteiger partial charge >= 0.3 is 0 Å². The van der Waals surface area contributed by atoms with Crippen LogP contribution >= 0.6 is 0 Å². The van der Waals surface area contributed by atoms with Crippen LogP contribution in [0.3, 0.4) is 0 Å². The Morgan fingerprint density at radius 1 is 1.22 bits per heavy atom. The Labute approximate surface area is 111 Å². The summed E-state index contributed by atoms with van der Waals surface area (Å²) in [6.07, 6.45) is 3.88. The smallest absolute Gasteiger partial charge is 0.0249 e. The van der Waals surface area contributed by atoms with Crippen molar-refractivity contribution in [3.8, 4) is 0 Å². The summed E-state index contributed by atoms with van der Waals surface area (Å²) in [7, 11) is 4.23. The van der Waals surface area contributed by atoms with Gasteiger partial charge in [0.2, 0.25) is 0 Å². The minimum Gasteiger partial charge on any atom is -0.314 e. The number of likely N-dealkylation sites (N-methyl/N-ethyl adjacent to an activating group) is 2. The molecule has 0 radical (unpaired) electrons. The molecule has 0 bridgehead atoms. The Balaban J connectivity index is 1.97. The second-order valence-electron chi connectivity index (χ2n) is 6.26. The molecule has 1 aliphatic rings. The Morgan fingerprint density at radius 3 is 2.67 bits per heavy atom. The predicted octanol–water partition coefficient (Wildman–Crippen LogP) is 2.61. The highest BCUT2D eigenvalue weighted by molar-refractivity contribution is 5.35. The van der Waals surface area contributed by atoms with Gasteiger partial charge in [-0.1, -0.05) is 18.2 Å². The summed E-state index contributed by atoms with van der Waals surface area (Å²) in [6, 6.07) is 7.03. The van der Waals surface area contributed by atoms with Crippen LogP contribution in [0.4, 0.5) is 0 Å². The third kappa shape index (κ3) is 3.33. The van der Waals surface area contributed by atoms with Gasteiger partial charge in [0.25, 0.3) is 0 Å². The van der Waals surface area contributed by atoms with E-state index >= 15 is 0 Å². The van der Waals surface area contributed by atoms with E-state index in [0.717, 1.165) is 13.1 Å². The zero-order chi connectivity index (χ0) is 13.2. The monoisotopic (exact) mass is 246 g/mol. The lowest BCUT2D eigenvalue weighted by Crippen LogP contribution is -2.46. The van der Waals surface area contributed by atoms with Crippen LogP contribution in [0, 0.1) is 0 Å². The van der Waals surface area contributed by atoms with Crippen molar-refractivity contribution in [2.24, 2.45) is 0 Å². The van der Waals surface area contributed by atoms with Gasteiger partial charge < -0.3 is 10.2 Å². The van der Waals surface area contributed by atoms with E-state index in [-0.39, 0.29) is 5.54 Å². The van der Waals surface area contributed by atoms with Crippen LogP contribution in [0.5, 0.6) is 0 Å². The van der Waals surface area contributed by atoms with E-state index in [0.29, 0.717) is 0 Å². The largest absolute Gasteiger partial charge is 0.314 e. The molecule has 0 atom stereocenters. The van der Waals surface area contributed by atoms with Gasteiger partial charge in [-0.25, -0.2) is 0 Å². The molecule has 1 aliphatic carbocycles. The quantitative estimate of drug-likeness (QED) is 0.859. The minimum absolute atomic E-state index is 0.172. The third-order valence-electron chi connectivity index (χ3n) is 3.96. The zero-order valence-corrected chi connectivity index (χ0v) is 12.2. The maximum Gasteiger partial charge on any atom is 0.0249 e. The van der Waals surface area contributed by atoms with Gasteiger partial charge in [0.15, 0.2) is 0 Å². The topological polar surface area (TPSA) is 15.3 Å². The van der Waals surface area contributed by atoms with Gasteiger partial charge in [-0.15, -0.1) is 0 Å². The van der Waals surface area contributed by atoms with Gasteiger partial charge in [-0.2, -0.15) is 0 Å². The normalized spacial score (nSPS) is 15.2. The number of hydrogen-bond donors (Lipinski definition) is 1. The SMILES string of the molecule is CNC(C)(C)CN(C)Cc1ccc2c(c1)CCC2. The van der Waals surface area contributed by atoms with Crippen molar-refractivity contribution in [1.29, 1.82) is 0 Å². The molecule has 2 heteroatoms. The first-order valence-corrected chi connectivity index (χ1v) is 6.98. The molecule has 0 heterocycles. The molecule has 0 saturated carbocycles. The molecule has 0 unspecified atom stereocenters. The molecule has 18 heavy (non-hydrogen) atoms. The van der Waals surface area contributed by atoms with Gasteiger partial charge in [0.05, 0.1) is 0 Å². The summed E-state index contributed by atoms with van der Waals surface area (Å²) in [5.74, 6) is 0. The highest BCUT2D eigenvalue weighted by atomic mass is 15.1. The minimum atomic E-state index is 0.172. The van der Waals surface area contributed by atoms with E-state index in [9.17, 15) is 0 Å². The molecular formula is C16H26N2. The van der Waals surface area contributed by atoms with Crippen LogP contribution in [0.25, 0.3) is 0 Å². The second-order valence-corrected chi connectivity index (χ2v) is 6.26. The standard InChI is InChI=1S/C16H26N2/c1-16(2,17-3)12-18(4)11-13-8-9-14-6-5-7-15(14)10-13/h8-10,17H,5-7,11-12H2,1-4H3. The van der Waals surface area contributed by atoms with Crippen LogP contribution < -0.4 is 5.32 Å². The van der Waals surface area contributed by atoms with Crippen LogP contribution in [0.1, 0.15) is 37.0 Å². The maximum atomic E-state index is 3.36. The van der Waals surface area contributed by atoms with Gasteiger partial charge in [0, 0.05) is 18.6 Å². The van der Waals surface area contributed by atoms with E-state index in [1.54, 1.807) is 11.1 Å². The van der Waals surface area contributed by atoms with Crippen LogP contribution in [-0.4, -0.2) is 31.1 Å². The van der Waals surface area contributed by atoms with Crippen molar-refractivity contribution in [1.82, 2.24) is 10.2 Å². The molecule has 1 N–H and O–H groups in total. The summed E-state index contributed by atoms with van der Waals surface area (Å²) in [4.78, 5) is 2.40. The van der Waals surface area contributed by atoms with Crippen molar-refractivity contribution < 1.29 is 0 Å². The first-order valence-electron chi connectivity index (χ1n) is 6.98. The first-order chi connectivity index (χ1) is 8.50. The van der Waals surface area contributed by atoms with Gasteiger partial charge in [-0.05, 0) is 63.9 Å². The third-order valence-corrected chi connectivity index (χ3v) is 3.96. The fourth-order valence-electron chi connectivity index (χ4n) is 2.84. The molecule has 0 aliphatic heterocycles. The molecule has 0 aromatic heterocycles. The van der Waals surface area contributed by atoms with Crippen LogP contribution in [-0.2, 0) is 19.4 Å². The molecule has 0 amide bonds. The van der Waals surface area contributed by atoms with Crippen molar-refractivity contribution >= 4 is 0 Å². The van der Waals surface area contributed by atoms with E-state index < -0.39 is 0 Å². The second kappa shape index (κ2) is 5.41. The van der Waals surface area contributed by atoms with Crippen molar-refractivity contribution in [2.75, 3.05) is 20.6 Å². The average Bonchev–Trinajstić information content (AvgIpc) is 2.75. The molecule has 0 spiro atoms. The number of nitrogens with one attached hydrogen (secondary N) is 1. The Bertz CT molecular complexity index is 410. The number of nitrogens with zero attached hydrogens (tertiary/aromatic N) is 1. The maximum absolute atomic E-state index is 3.36. The van der Waals surface area contributed by atoms with E-state index in [1.807, 2.05) is 7.05 Å². The first kappa shape index (κ1) is 13.6. The highest BCUT2D eigenvalue weighted by Crippen LogP contribution is 2.23. The molecule has 1 aromatic carbocycles. The number of aryl methyl sites for hydroxylation is 2. The number of fused-ring (bicyclic) bond motifs is 1. The molecule has 100 valence electrons. The van der Waals surface area contributed by atoms with E-state index in [2.05, 4.69) is 49.3 Å². The summed E-state index contributed by atoms with van der Waals surface area (Å²) >= 11 is 0. The lowest BCUT2D eigenvalue weighted by atomic mass is 10.0. The van der Waals surface area contributed by atoms with E-state index in [1.165, 1.54) is 24.8 Å². The molecular weight excluding hydrogens is 220 g/mol. The summed E-state index contributed by atoms with van der Waals surface area (Å²) in [5, 5.41) is 3.36. The predicted molar refractivity (Wildman–Crippen MR) is 77.9 cm³/mol. The van der Waals surface area contributed by atoms with E-state index in [4.69, 9.17) is 0 Å². The van der Waals surface area contributed by atoms with Crippen molar-refractivity contribution in [3.63, 3.8) is 0 Å². The summed E-state index contributed by atoms with van der Waals surface area (Å²) in [5.41, 5.74) is 4.77. The zero-order valence-electron chi connectivity index (χ0n) is 12.2. The number of benzene rings is 1. The number of rotatable bonds is 5. The van der Waals surface area contributed by atoms with Gasteiger partial charge in [-0.3, -0.25) is 0 Å². The fraction of sp³-hybridized carbons (Fsp3) is 0.625. The van der Waals surface area contributed by atoms with Crippen LogP contribution in [0.2, 0.25) is 0 Å². The molecule has 2 nitrogen and oxygen atoms in total. The lowest BCUT2D eigenvalue weighted by molar-refractivity contribution is 0.238. The van der Waals surface area contributed by atoms with Crippen molar-refractivity contribution in [3.05, 3.63) is 34.9 Å². The molecule has 2 rings (SSSR count). The molecule has 1 aromatic rings. The Hall–Kier alpha value is -0.860. The lowest BCUT2D eigenvalue weighted by Gasteiger charge is -2.30. The fourth-order valence-corrected chi connectivity index (χ4v) is 2.84. The van der Waals surface area contributed by atoms with Crippen molar-refractivity contribution in [2.45, 2.75) is 45.2 Å².